The van der Waals surface area contributed by atoms with E-state index in [9.17, 15) is 13.9 Å². The zero-order valence-electron chi connectivity index (χ0n) is 12.5. The molecule has 1 aromatic carbocycles. The highest BCUT2D eigenvalue weighted by Crippen LogP contribution is 2.27. The molecule has 2 N–H and O–H groups in total. The molecule has 0 saturated heterocycles. The summed E-state index contributed by atoms with van der Waals surface area (Å²) in [5, 5.41) is 13.0. The molecule has 1 aromatic rings. The van der Waals surface area contributed by atoms with Crippen LogP contribution in [0.3, 0.4) is 0 Å². The number of aryl methyl sites for hydroxylation is 2. The van der Waals surface area contributed by atoms with Crippen LogP contribution >= 0.6 is 0 Å². The molecule has 0 radical (unpaired) electrons. The Morgan fingerprint density at radius 1 is 1.19 bits per heavy atom. The van der Waals surface area contributed by atoms with Gasteiger partial charge in [0.2, 0.25) is 0 Å². The van der Waals surface area contributed by atoms with Gasteiger partial charge in [0.15, 0.2) is 0 Å². The maximum absolute atomic E-state index is 12.3. The van der Waals surface area contributed by atoms with E-state index < -0.39 is 6.61 Å². The highest BCUT2D eigenvalue weighted by molar-refractivity contribution is 5.43. The van der Waals surface area contributed by atoms with E-state index in [0.29, 0.717) is 12.6 Å². The van der Waals surface area contributed by atoms with Crippen molar-refractivity contribution in [1.29, 1.82) is 0 Å². The third-order valence-electron chi connectivity index (χ3n) is 4.02. The lowest BCUT2D eigenvalue weighted by atomic mass is 9.93. The van der Waals surface area contributed by atoms with Gasteiger partial charge in [-0.25, -0.2) is 0 Å². The number of aliphatic hydroxyl groups excluding tert-OH is 1. The second-order valence-corrected chi connectivity index (χ2v) is 5.82. The number of halogens is 2. The van der Waals surface area contributed by atoms with Crippen molar-refractivity contribution in [2.45, 2.75) is 64.8 Å². The molecular formula is C16H23F2NO2. The van der Waals surface area contributed by atoms with Crippen molar-refractivity contribution in [1.82, 2.24) is 5.32 Å². The van der Waals surface area contributed by atoms with E-state index in [-0.39, 0.29) is 11.9 Å². The summed E-state index contributed by atoms with van der Waals surface area (Å²) in [7, 11) is 0. The second-order valence-electron chi connectivity index (χ2n) is 5.82. The molecule has 0 atom stereocenters. The molecule has 1 saturated carbocycles. The van der Waals surface area contributed by atoms with Crippen molar-refractivity contribution in [3.05, 3.63) is 28.8 Å². The first-order chi connectivity index (χ1) is 9.95. The molecule has 1 aliphatic carbocycles. The van der Waals surface area contributed by atoms with Gasteiger partial charge in [-0.05, 0) is 56.2 Å². The maximum Gasteiger partial charge on any atom is 0.387 e. The van der Waals surface area contributed by atoms with Crippen LogP contribution < -0.4 is 10.1 Å². The molecule has 0 bridgehead atoms. The average molecular weight is 299 g/mol. The normalized spacial score (nSPS) is 22.6. The Kier molecular flexibility index (Phi) is 5.53. The van der Waals surface area contributed by atoms with Gasteiger partial charge >= 0.3 is 6.61 Å². The van der Waals surface area contributed by atoms with Crippen LogP contribution in [0.2, 0.25) is 0 Å². The zero-order chi connectivity index (χ0) is 15.4. The largest absolute Gasteiger partial charge is 0.434 e. The molecule has 0 amide bonds. The molecule has 21 heavy (non-hydrogen) atoms. The van der Waals surface area contributed by atoms with E-state index in [4.69, 9.17) is 0 Å². The van der Waals surface area contributed by atoms with Crippen molar-refractivity contribution in [3.8, 4) is 5.75 Å². The van der Waals surface area contributed by atoms with Crippen LogP contribution in [0, 0.1) is 13.8 Å². The maximum atomic E-state index is 12.3. The third-order valence-corrected chi connectivity index (χ3v) is 4.02. The molecule has 0 aromatic heterocycles. The lowest BCUT2D eigenvalue weighted by Gasteiger charge is -2.26. The quantitative estimate of drug-likeness (QED) is 0.876. The summed E-state index contributed by atoms with van der Waals surface area (Å²) in [5.41, 5.74) is 2.52. The molecule has 5 heteroatoms. The van der Waals surface area contributed by atoms with Crippen LogP contribution in [-0.4, -0.2) is 23.9 Å². The van der Waals surface area contributed by atoms with Crippen molar-refractivity contribution >= 4 is 0 Å². The number of benzene rings is 1. The highest BCUT2D eigenvalue weighted by Gasteiger charge is 2.19. The van der Waals surface area contributed by atoms with Crippen LogP contribution in [0.5, 0.6) is 5.75 Å². The van der Waals surface area contributed by atoms with Crippen LogP contribution in [0.15, 0.2) is 12.1 Å². The average Bonchev–Trinajstić information content (AvgIpc) is 2.42. The predicted octanol–water partition coefficient (Wildman–Crippen LogP) is 3.30. The van der Waals surface area contributed by atoms with Crippen LogP contribution in [0.1, 0.15) is 42.4 Å². The van der Waals surface area contributed by atoms with Crippen molar-refractivity contribution < 1.29 is 18.6 Å². The minimum Gasteiger partial charge on any atom is -0.434 e. The van der Waals surface area contributed by atoms with Gasteiger partial charge < -0.3 is 15.2 Å². The van der Waals surface area contributed by atoms with Gasteiger partial charge in [-0.3, -0.25) is 0 Å². The lowest BCUT2D eigenvalue weighted by Crippen LogP contribution is -2.34. The number of nitrogens with one attached hydrogen (secondary N) is 1. The Morgan fingerprint density at radius 2 is 1.76 bits per heavy atom. The molecule has 1 fully saturated rings. The molecule has 0 aliphatic heterocycles. The first kappa shape index (κ1) is 16.2. The molecule has 3 nitrogen and oxygen atoms in total. The fourth-order valence-corrected chi connectivity index (χ4v) is 2.96. The second kappa shape index (κ2) is 7.18. The van der Waals surface area contributed by atoms with Gasteiger partial charge in [-0.2, -0.15) is 8.78 Å². The van der Waals surface area contributed by atoms with E-state index in [0.717, 1.165) is 42.4 Å². The van der Waals surface area contributed by atoms with Gasteiger partial charge in [0, 0.05) is 12.6 Å². The smallest absolute Gasteiger partial charge is 0.387 e. The van der Waals surface area contributed by atoms with Crippen LogP contribution in [0.4, 0.5) is 8.78 Å². The number of rotatable bonds is 5. The molecular weight excluding hydrogens is 276 g/mol. The summed E-state index contributed by atoms with van der Waals surface area (Å²) in [5.74, 6) is 0.273. The Morgan fingerprint density at radius 3 is 2.29 bits per heavy atom. The number of alkyl halides is 2. The first-order valence-corrected chi connectivity index (χ1v) is 7.42. The Balaban J connectivity index is 1.95. The fraction of sp³-hybridized carbons (Fsp3) is 0.625. The number of hydrogen-bond donors (Lipinski definition) is 2. The van der Waals surface area contributed by atoms with Crippen LogP contribution in [-0.2, 0) is 6.54 Å². The highest BCUT2D eigenvalue weighted by atomic mass is 19.3. The number of hydrogen-bond acceptors (Lipinski definition) is 3. The van der Waals surface area contributed by atoms with Crippen LogP contribution in [0.25, 0.3) is 0 Å². The van der Waals surface area contributed by atoms with Crippen molar-refractivity contribution in [2.75, 3.05) is 0 Å². The lowest BCUT2D eigenvalue weighted by molar-refractivity contribution is -0.0507. The molecule has 1 aliphatic rings. The van der Waals surface area contributed by atoms with Crippen molar-refractivity contribution in [2.24, 2.45) is 0 Å². The third kappa shape index (κ3) is 4.64. The van der Waals surface area contributed by atoms with E-state index in [1.54, 1.807) is 13.8 Å². The molecule has 0 spiro atoms. The summed E-state index contributed by atoms with van der Waals surface area (Å²) in [6.45, 7) is 1.48. The van der Waals surface area contributed by atoms with Gasteiger partial charge in [0.05, 0.1) is 6.10 Å². The zero-order valence-corrected chi connectivity index (χ0v) is 12.5. The molecule has 0 unspecified atom stereocenters. The summed E-state index contributed by atoms with van der Waals surface area (Å²) in [6, 6.07) is 4.19. The van der Waals surface area contributed by atoms with E-state index in [2.05, 4.69) is 10.1 Å². The fourth-order valence-electron chi connectivity index (χ4n) is 2.96. The standard InChI is InChI=1S/C16H23F2NO2/c1-10-7-12(8-11(2)15(10)21-16(17)18)9-19-13-3-5-14(20)6-4-13/h7-8,13-14,16,19-20H,3-6,9H2,1-2H3. The molecule has 118 valence electrons. The van der Waals surface area contributed by atoms with E-state index in [1.165, 1.54) is 0 Å². The first-order valence-electron chi connectivity index (χ1n) is 7.42. The van der Waals surface area contributed by atoms with Gasteiger partial charge in [-0.1, -0.05) is 12.1 Å². The van der Waals surface area contributed by atoms with Gasteiger partial charge in [0.1, 0.15) is 5.75 Å². The Bertz CT molecular complexity index is 448. The topological polar surface area (TPSA) is 41.5 Å². The minimum absolute atomic E-state index is 0.154. The molecule has 2 rings (SSSR count). The summed E-state index contributed by atoms with van der Waals surface area (Å²) >= 11 is 0. The number of ether oxygens (including phenoxy) is 1. The van der Waals surface area contributed by atoms with Gasteiger partial charge in [-0.15, -0.1) is 0 Å². The summed E-state index contributed by atoms with van der Waals surface area (Å²) in [4.78, 5) is 0. The monoisotopic (exact) mass is 299 g/mol. The minimum atomic E-state index is -2.79. The van der Waals surface area contributed by atoms with E-state index >= 15 is 0 Å². The SMILES string of the molecule is Cc1cc(CNC2CCC(O)CC2)cc(C)c1OC(F)F. The van der Waals surface area contributed by atoms with E-state index in [1.807, 2.05) is 12.1 Å². The number of aliphatic hydroxyl groups is 1. The predicted molar refractivity (Wildman–Crippen MR) is 77.7 cm³/mol. The van der Waals surface area contributed by atoms with Gasteiger partial charge in [0.25, 0.3) is 0 Å². The summed E-state index contributed by atoms with van der Waals surface area (Å²) < 4.78 is 29.3. The summed E-state index contributed by atoms with van der Waals surface area (Å²) in [6.07, 6.45) is 3.49. The van der Waals surface area contributed by atoms with Crippen molar-refractivity contribution in [3.63, 3.8) is 0 Å². The Hall–Kier alpha value is -1.20. The Labute approximate surface area is 124 Å². The molecule has 0 heterocycles.